The van der Waals surface area contributed by atoms with Gasteiger partial charge in [-0.25, -0.2) is 18.7 Å². The fourth-order valence-corrected chi connectivity index (χ4v) is 3.34. The summed E-state index contributed by atoms with van der Waals surface area (Å²) in [6, 6.07) is 5.25. The zero-order chi connectivity index (χ0) is 18.4. The van der Waals surface area contributed by atoms with Crippen LogP contribution in [0.2, 0.25) is 0 Å². The van der Waals surface area contributed by atoms with Gasteiger partial charge < -0.3 is 9.72 Å². The highest BCUT2D eigenvalue weighted by atomic mass is 79.9. The number of carbonyl (C=O) groups excluding carboxylic acids is 1. The molecule has 0 spiro atoms. The van der Waals surface area contributed by atoms with Crippen molar-refractivity contribution in [2.45, 2.75) is 25.4 Å². The normalized spacial score (nSPS) is 20.2. The highest BCUT2D eigenvalue weighted by Crippen LogP contribution is 2.49. The Morgan fingerprint density at radius 3 is 2.96 bits per heavy atom. The van der Waals surface area contributed by atoms with Gasteiger partial charge in [-0.2, -0.15) is 0 Å². The molecule has 1 aliphatic rings. The van der Waals surface area contributed by atoms with Crippen molar-refractivity contribution < 1.29 is 18.3 Å². The summed E-state index contributed by atoms with van der Waals surface area (Å²) >= 11 is 3.34. The number of fused-ring (bicyclic) bond motifs is 1. The molecule has 134 valence electrons. The zero-order valence-electron chi connectivity index (χ0n) is 13.7. The average molecular weight is 422 g/mol. The van der Waals surface area contributed by atoms with Crippen LogP contribution in [0, 0.1) is 17.6 Å². The minimum atomic E-state index is -0.634. The Morgan fingerprint density at radius 1 is 1.38 bits per heavy atom. The van der Waals surface area contributed by atoms with E-state index in [1.165, 1.54) is 12.1 Å². The number of aromatic amines is 1. The Kier molecular flexibility index (Phi) is 4.22. The van der Waals surface area contributed by atoms with E-state index in [0.29, 0.717) is 23.5 Å². The molecule has 1 aliphatic carbocycles. The molecule has 1 saturated carbocycles. The molecule has 2 aromatic heterocycles. The van der Waals surface area contributed by atoms with Gasteiger partial charge in [0.1, 0.15) is 17.5 Å². The molecule has 3 aromatic rings. The quantitative estimate of drug-likeness (QED) is 0.633. The first-order valence-corrected chi connectivity index (χ1v) is 8.88. The third-order valence-corrected chi connectivity index (χ3v) is 4.89. The number of benzene rings is 1. The molecule has 0 unspecified atom stereocenters. The fraction of sp³-hybridized carbons (Fsp3) is 0.278. The van der Waals surface area contributed by atoms with Crippen molar-refractivity contribution in [2.75, 3.05) is 0 Å². The maximum Gasteiger partial charge on any atom is 0.310 e. The van der Waals surface area contributed by atoms with Crippen molar-refractivity contribution >= 4 is 33.1 Å². The molecule has 8 heteroatoms. The Labute approximate surface area is 155 Å². The molecule has 26 heavy (non-hydrogen) atoms. The maximum atomic E-state index is 13.8. The monoisotopic (exact) mass is 421 g/mol. The molecule has 3 atom stereocenters. The van der Waals surface area contributed by atoms with Crippen LogP contribution in [0.25, 0.3) is 11.2 Å². The second kappa shape index (κ2) is 6.42. The van der Waals surface area contributed by atoms with Crippen LogP contribution in [0.3, 0.4) is 0 Å². The van der Waals surface area contributed by atoms with Crippen LogP contribution in [0.4, 0.5) is 8.78 Å². The van der Waals surface area contributed by atoms with Crippen molar-refractivity contribution in [1.29, 1.82) is 0 Å². The number of esters is 1. The van der Waals surface area contributed by atoms with Crippen LogP contribution < -0.4 is 0 Å². The van der Waals surface area contributed by atoms with Crippen LogP contribution >= 0.6 is 15.9 Å². The number of pyridine rings is 1. The van der Waals surface area contributed by atoms with Crippen LogP contribution in [0.15, 0.2) is 34.9 Å². The summed E-state index contributed by atoms with van der Waals surface area (Å²) in [6.45, 7) is 1.71. The number of rotatable bonds is 4. The largest absolute Gasteiger partial charge is 0.454 e. The first-order chi connectivity index (χ1) is 12.4. The number of nitrogens with zero attached hydrogens (tertiary/aromatic N) is 2. The van der Waals surface area contributed by atoms with E-state index in [0.717, 1.165) is 16.1 Å². The van der Waals surface area contributed by atoms with Gasteiger partial charge in [0.2, 0.25) is 0 Å². The smallest absolute Gasteiger partial charge is 0.310 e. The molecule has 1 N–H and O–H groups in total. The highest BCUT2D eigenvalue weighted by molar-refractivity contribution is 9.10. The summed E-state index contributed by atoms with van der Waals surface area (Å²) < 4.78 is 33.1. The van der Waals surface area contributed by atoms with E-state index in [1.807, 2.05) is 6.07 Å². The summed E-state index contributed by atoms with van der Waals surface area (Å²) in [6.07, 6.45) is 1.54. The molecule has 0 amide bonds. The summed E-state index contributed by atoms with van der Waals surface area (Å²) in [5, 5.41) is 0. The zero-order valence-corrected chi connectivity index (χ0v) is 15.3. The van der Waals surface area contributed by atoms with Gasteiger partial charge in [0.05, 0.1) is 11.4 Å². The molecule has 0 saturated heterocycles. The number of hydrogen-bond acceptors (Lipinski definition) is 4. The van der Waals surface area contributed by atoms with E-state index < -0.39 is 29.6 Å². The van der Waals surface area contributed by atoms with Gasteiger partial charge in [-0.3, -0.25) is 4.79 Å². The number of nitrogens with one attached hydrogen (secondary N) is 1. The minimum absolute atomic E-state index is 0.274. The lowest BCUT2D eigenvalue weighted by Gasteiger charge is -2.10. The van der Waals surface area contributed by atoms with E-state index in [4.69, 9.17) is 4.74 Å². The minimum Gasteiger partial charge on any atom is -0.454 e. The number of aromatic nitrogens is 3. The van der Waals surface area contributed by atoms with Crippen LogP contribution in [0.1, 0.15) is 36.8 Å². The molecule has 0 aliphatic heterocycles. The molecule has 1 aromatic carbocycles. The van der Waals surface area contributed by atoms with Crippen molar-refractivity contribution in [2.24, 2.45) is 5.92 Å². The van der Waals surface area contributed by atoms with E-state index in [9.17, 15) is 13.6 Å². The van der Waals surface area contributed by atoms with Gasteiger partial charge in [-0.15, -0.1) is 0 Å². The summed E-state index contributed by atoms with van der Waals surface area (Å²) in [5.41, 5.74) is 1.61. The molecule has 1 fully saturated rings. The molecule has 0 bridgehead atoms. The third-order valence-electron chi connectivity index (χ3n) is 4.46. The number of halogens is 3. The summed E-state index contributed by atoms with van der Waals surface area (Å²) in [7, 11) is 0. The Hall–Kier alpha value is -2.35. The lowest BCUT2D eigenvalue weighted by molar-refractivity contribution is -0.150. The first kappa shape index (κ1) is 17.1. The predicted molar refractivity (Wildman–Crippen MR) is 93.3 cm³/mol. The van der Waals surface area contributed by atoms with Crippen LogP contribution in [-0.4, -0.2) is 20.9 Å². The molecule has 0 radical (unpaired) electrons. The van der Waals surface area contributed by atoms with E-state index in [-0.39, 0.29) is 5.92 Å². The molecular weight excluding hydrogens is 408 g/mol. The lowest BCUT2D eigenvalue weighted by atomic mass is 10.1. The molecule has 2 heterocycles. The molecule has 4 rings (SSSR count). The number of carbonyl (C=O) groups is 1. The number of hydrogen-bond donors (Lipinski definition) is 1. The van der Waals surface area contributed by atoms with Crippen molar-refractivity contribution in [3.8, 4) is 0 Å². The van der Waals surface area contributed by atoms with Crippen LogP contribution in [0.5, 0.6) is 0 Å². The van der Waals surface area contributed by atoms with E-state index in [1.54, 1.807) is 13.1 Å². The maximum absolute atomic E-state index is 13.8. The average Bonchev–Trinajstić information content (AvgIpc) is 3.26. The Morgan fingerprint density at radius 2 is 2.19 bits per heavy atom. The predicted octanol–water partition coefficient (Wildman–Crippen LogP) is 4.41. The molecular formula is C18H14BrF2N3O2. The van der Waals surface area contributed by atoms with Crippen molar-refractivity contribution in [3.63, 3.8) is 0 Å². The standard InChI is InChI=1S/C18H14BrF2N3O2/c1-8(16-23-15-4-9(19)7-22-17(15)24-16)26-18(25)13-6-12(13)11-3-2-10(20)5-14(11)21/h2-5,7-8,12-13H,6H2,1H3,(H,22,23,24)/t8-,12+,13+/m0/s1. The van der Waals surface area contributed by atoms with Gasteiger partial charge in [-0.1, -0.05) is 6.07 Å². The Balaban J connectivity index is 1.44. The Bertz CT molecular complexity index is 1010. The summed E-state index contributed by atoms with van der Waals surface area (Å²) in [5.74, 6) is -1.89. The first-order valence-electron chi connectivity index (χ1n) is 8.09. The second-order valence-electron chi connectivity index (χ2n) is 6.34. The van der Waals surface area contributed by atoms with Gasteiger partial charge in [0, 0.05) is 22.7 Å². The van der Waals surface area contributed by atoms with Gasteiger partial charge >= 0.3 is 5.97 Å². The fourth-order valence-electron chi connectivity index (χ4n) is 3.00. The second-order valence-corrected chi connectivity index (χ2v) is 7.26. The topological polar surface area (TPSA) is 67.9 Å². The van der Waals surface area contributed by atoms with E-state index in [2.05, 4.69) is 30.9 Å². The van der Waals surface area contributed by atoms with Gasteiger partial charge in [0.25, 0.3) is 0 Å². The highest BCUT2D eigenvalue weighted by Gasteiger charge is 2.47. The van der Waals surface area contributed by atoms with Crippen molar-refractivity contribution in [1.82, 2.24) is 15.0 Å². The SMILES string of the molecule is C[C@H](OC(=O)[C@@H]1C[C@@H]1c1ccc(F)cc1F)c1nc2ncc(Br)cc2[nH]1. The van der Waals surface area contributed by atoms with Crippen LogP contribution in [-0.2, 0) is 9.53 Å². The van der Waals surface area contributed by atoms with Gasteiger partial charge in [-0.05, 0) is 47.0 Å². The molecule has 5 nitrogen and oxygen atoms in total. The number of imidazole rings is 1. The number of ether oxygens (including phenoxy) is 1. The summed E-state index contributed by atoms with van der Waals surface area (Å²) in [4.78, 5) is 23.9. The number of H-pyrrole nitrogens is 1. The third kappa shape index (κ3) is 3.21. The van der Waals surface area contributed by atoms with E-state index >= 15 is 0 Å². The lowest BCUT2D eigenvalue weighted by Crippen LogP contribution is -2.12. The van der Waals surface area contributed by atoms with Crippen molar-refractivity contribution in [3.05, 3.63) is 58.0 Å². The van der Waals surface area contributed by atoms with Gasteiger partial charge in [0.15, 0.2) is 11.8 Å².